The van der Waals surface area contributed by atoms with Crippen molar-refractivity contribution in [3.63, 3.8) is 0 Å². The van der Waals surface area contributed by atoms with Crippen molar-refractivity contribution in [2.45, 2.75) is 141 Å². The number of carboxylic acids is 1. The molecule has 4 saturated carbocycles. The molecule has 3 heterocycles. The summed E-state index contributed by atoms with van der Waals surface area (Å²) >= 11 is 0. The Morgan fingerprint density at radius 2 is 1.51 bits per heavy atom. The van der Waals surface area contributed by atoms with Crippen molar-refractivity contribution >= 4 is 5.97 Å². The molecule has 0 aromatic rings. The molecule has 0 bridgehead atoms. The highest BCUT2D eigenvalue weighted by molar-refractivity contribution is 5.73. The highest BCUT2D eigenvalue weighted by Gasteiger charge is 2.69. The second-order valence-electron chi connectivity index (χ2n) is 15.9. The topological polar surface area (TPSA) is 166 Å². The molecule has 6 N–H and O–H groups in total. The number of aliphatic carboxylic acids is 1. The molecule has 0 aromatic carbocycles. The SMILES string of the molecule is C[C@@H]1CC[C@@]2(OC1)O[C@H]1C[C@H]3[C@@H]4CC[C@H]5C[C@@H](O)CC[C@]5(C)[C@H]4CC[C@]3(C)[C@H]1[C@@H]2C.O=C(O)[C@H]1O[C@@H](O)[C@H](O)[C@@H](O)[C@@H]1O. The number of aliphatic hydroxyl groups excluding tert-OH is 5. The zero-order chi connectivity index (χ0) is 31.1. The Hall–Kier alpha value is -0.850. The maximum atomic E-state index is 10.4. The summed E-state index contributed by atoms with van der Waals surface area (Å²) in [6.07, 6.45) is 4.14. The minimum absolute atomic E-state index is 0.0389. The Balaban J connectivity index is 0.000000214. The number of fused-ring (bicyclic) bond motifs is 7. The molecule has 0 amide bonds. The average Bonchev–Trinajstić information content (AvgIpc) is 3.41. The lowest BCUT2D eigenvalue weighted by Crippen LogP contribution is -2.59. The van der Waals surface area contributed by atoms with Crippen molar-refractivity contribution in [1.29, 1.82) is 0 Å². The predicted octanol–water partition coefficient (Wildman–Crippen LogP) is 2.66. The number of hydrogen-bond acceptors (Lipinski definition) is 9. The lowest BCUT2D eigenvalue weighted by Gasteiger charge is -2.61. The summed E-state index contributed by atoms with van der Waals surface area (Å²) in [6.45, 7) is 10.9. The van der Waals surface area contributed by atoms with Crippen LogP contribution in [0, 0.1) is 52.3 Å². The van der Waals surface area contributed by atoms with Gasteiger partial charge in [0, 0.05) is 12.3 Å². The number of carbonyl (C=O) groups is 1. The number of carboxylic acid groups (broad SMARTS) is 1. The third-order valence-electron chi connectivity index (χ3n) is 13.7. The van der Waals surface area contributed by atoms with E-state index in [9.17, 15) is 9.90 Å². The van der Waals surface area contributed by atoms with Crippen LogP contribution in [-0.4, -0.2) is 91.9 Å². The van der Waals surface area contributed by atoms with Gasteiger partial charge in [0.25, 0.3) is 0 Å². The summed E-state index contributed by atoms with van der Waals surface area (Å²) in [4.78, 5) is 10.4. The maximum Gasteiger partial charge on any atom is 0.335 e. The van der Waals surface area contributed by atoms with Gasteiger partial charge in [0.1, 0.15) is 18.3 Å². The van der Waals surface area contributed by atoms with Crippen LogP contribution < -0.4 is 0 Å². The number of hydrogen-bond donors (Lipinski definition) is 6. The van der Waals surface area contributed by atoms with Gasteiger partial charge in [0.15, 0.2) is 18.2 Å². The summed E-state index contributed by atoms with van der Waals surface area (Å²) in [5.41, 5.74) is 0.899. The van der Waals surface area contributed by atoms with E-state index in [0.717, 1.165) is 49.5 Å². The normalized spacial score (nSPS) is 57.5. The monoisotopic (exact) mass is 610 g/mol. The van der Waals surface area contributed by atoms with Crippen LogP contribution in [-0.2, 0) is 19.0 Å². The van der Waals surface area contributed by atoms with E-state index in [1.807, 2.05) is 0 Å². The largest absolute Gasteiger partial charge is 0.479 e. The fraction of sp³-hybridized carbons (Fsp3) is 0.970. The van der Waals surface area contributed by atoms with E-state index < -0.39 is 36.7 Å². The molecule has 0 unspecified atom stereocenters. The first-order valence-electron chi connectivity index (χ1n) is 16.8. The highest BCUT2D eigenvalue weighted by atomic mass is 16.7. The van der Waals surface area contributed by atoms with Crippen molar-refractivity contribution in [1.82, 2.24) is 0 Å². The molecule has 3 aliphatic heterocycles. The van der Waals surface area contributed by atoms with Crippen LogP contribution in [0.3, 0.4) is 0 Å². The second-order valence-corrected chi connectivity index (χ2v) is 15.9. The second kappa shape index (κ2) is 11.4. The Labute approximate surface area is 255 Å². The van der Waals surface area contributed by atoms with Gasteiger partial charge in [-0.15, -0.1) is 0 Å². The van der Waals surface area contributed by atoms with Crippen molar-refractivity contribution in [2.24, 2.45) is 52.3 Å². The van der Waals surface area contributed by atoms with Gasteiger partial charge < -0.3 is 44.8 Å². The van der Waals surface area contributed by atoms with E-state index in [2.05, 4.69) is 32.4 Å². The Kier molecular flexibility index (Phi) is 8.54. The fourth-order valence-electron chi connectivity index (χ4n) is 11.3. The van der Waals surface area contributed by atoms with E-state index in [1.165, 1.54) is 44.9 Å². The van der Waals surface area contributed by atoms with Crippen molar-refractivity contribution in [3.05, 3.63) is 0 Å². The van der Waals surface area contributed by atoms with Gasteiger partial charge in [-0.3, -0.25) is 0 Å². The summed E-state index contributed by atoms with van der Waals surface area (Å²) in [5, 5.41) is 54.7. The molecule has 0 aromatic heterocycles. The van der Waals surface area contributed by atoms with Gasteiger partial charge in [-0.05, 0) is 104 Å². The van der Waals surface area contributed by atoms with Crippen molar-refractivity contribution < 1.29 is 49.6 Å². The molecule has 43 heavy (non-hydrogen) atoms. The molecule has 4 aliphatic carbocycles. The molecule has 10 heteroatoms. The molecule has 17 atom stereocenters. The van der Waals surface area contributed by atoms with Crippen LogP contribution >= 0.6 is 0 Å². The molecule has 1 spiro atoms. The number of ether oxygens (including phenoxy) is 3. The first-order valence-corrected chi connectivity index (χ1v) is 16.8. The highest BCUT2D eigenvalue weighted by Crippen LogP contribution is 2.71. The van der Waals surface area contributed by atoms with Gasteiger partial charge in [-0.1, -0.05) is 27.7 Å². The maximum absolute atomic E-state index is 10.4. The van der Waals surface area contributed by atoms with Crippen molar-refractivity contribution in [3.8, 4) is 0 Å². The van der Waals surface area contributed by atoms with Crippen LogP contribution in [0.4, 0.5) is 0 Å². The average molecular weight is 611 g/mol. The molecular formula is C33H54O10. The quantitative estimate of drug-likeness (QED) is 0.260. The minimum Gasteiger partial charge on any atom is -0.479 e. The van der Waals surface area contributed by atoms with E-state index in [-0.39, 0.29) is 11.9 Å². The first-order chi connectivity index (χ1) is 20.2. The molecule has 246 valence electrons. The van der Waals surface area contributed by atoms with E-state index >= 15 is 0 Å². The van der Waals surface area contributed by atoms with Gasteiger partial charge in [0.05, 0.1) is 18.8 Å². The number of aliphatic hydroxyl groups is 5. The van der Waals surface area contributed by atoms with E-state index in [4.69, 9.17) is 35.0 Å². The fourth-order valence-corrected chi connectivity index (χ4v) is 11.3. The van der Waals surface area contributed by atoms with Crippen LogP contribution in [0.5, 0.6) is 0 Å². The van der Waals surface area contributed by atoms with E-state index in [0.29, 0.717) is 34.7 Å². The Bertz CT molecular complexity index is 1030. The third kappa shape index (κ3) is 5.11. The summed E-state index contributed by atoms with van der Waals surface area (Å²) < 4.78 is 17.7. The van der Waals surface area contributed by atoms with Gasteiger partial charge >= 0.3 is 5.97 Å². The first kappa shape index (κ1) is 32.1. The van der Waals surface area contributed by atoms with Crippen LogP contribution in [0.15, 0.2) is 0 Å². The molecule has 7 fully saturated rings. The van der Waals surface area contributed by atoms with Crippen LogP contribution in [0.2, 0.25) is 0 Å². The molecular weight excluding hydrogens is 556 g/mol. The Morgan fingerprint density at radius 1 is 0.791 bits per heavy atom. The number of rotatable bonds is 1. The third-order valence-corrected chi connectivity index (χ3v) is 13.7. The summed E-state index contributed by atoms with van der Waals surface area (Å²) in [6, 6.07) is 0. The van der Waals surface area contributed by atoms with Crippen LogP contribution in [0.1, 0.15) is 91.9 Å². The van der Waals surface area contributed by atoms with Crippen LogP contribution in [0.25, 0.3) is 0 Å². The molecule has 7 rings (SSSR count). The molecule has 7 aliphatic rings. The van der Waals surface area contributed by atoms with Gasteiger partial charge in [0.2, 0.25) is 0 Å². The smallest absolute Gasteiger partial charge is 0.335 e. The lowest BCUT2D eigenvalue weighted by molar-refractivity contribution is -0.279. The zero-order valence-corrected chi connectivity index (χ0v) is 26.2. The standard InChI is InChI=1S/C27H44O3.C6H10O7/c1-16-7-12-27(29-15-16)17(2)24-23(30-27)14-22-20-6-5-18-13-19(28)8-10-25(18,3)21(20)9-11-26(22,24)4;7-1-2(8)4(5(10)11)13-6(12)3(1)9/h16-24,28H,5-15H2,1-4H3;1-4,6-9,12H,(H,10,11)/t16-,17+,18+,19+,20-,21+,22+,23+,24+,25+,26+,27-;1-,2-,3+,4-,6+/m10/s1. The summed E-state index contributed by atoms with van der Waals surface area (Å²) in [5.74, 6) is 3.42. The predicted molar refractivity (Wildman–Crippen MR) is 154 cm³/mol. The molecule has 10 nitrogen and oxygen atoms in total. The van der Waals surface area contributed by atoms with Gasteiger partial charge in [-0.25, -0.2) is 4.79 Å². The minimum atomic E-state index is -1.81. The Morgan fingerprint density at radius 3 is 2.19 bits per heavy atom. The summed E-state index contributed by atoms with van der Waals surface area (Å²) in [7, 11) is 0. The zero-order valence-electron chi connectivity index (χ0n) is 26.2. The van der Waals surface area contributed by atoms with E-state index in [1.54, 1.807) is 0 Å². The molecule has 3 saturated heterocycles. The van der Waals surface area contributed by atoms with Gasteiger partial charge in [-0.2, -0.15) is 0 Å². The van der Waals surface area contributed by atoms with Crippen molar-refractivity contribution in [2.75, 3.05) is 6.61 Å². The molecule has 0 radical (unpaired) electrons. The lowest BCUT2D eigenvalue weighted by atomic mass is 9.44.